The van der Waals surface area contributed by atoms with Gasteiger partial charge in [0.15, 0.2) is 11.4 Å². The van der Waals surface area contributed by atoms with Crippen LogP contribution in [0.15, 0.2) is 30.5 Å². The molecule has 2 aromatic rings. The van der Waals surface area contributed by atoms with E-state index in [0.29, 0.717) is 5.92 Å². The van der Waals surface area contributed by atoms with E-state index in [2.05, 4.69) is 29.6 Å². The van der Waals surface area contributed by atoms with Crippen molar-refractivity contribution in [2.75, 3.05) is 13.1 Å². The van der Waals surface area contributed by atoms with Crippen molar-refractivity contribution in [3.8, 4) is 11.4 Å². The predicted molar refractivity (Wildman–Crippen MR) is 99.9 cm³/mol. The topological polar surface area (TPSA) is 79.2 Å². The first-order chi connectivity index (χ1) is 11.5. The first-order valence-electron chi connectivity index (χ1n) is 8.45. The van der Waals surface area contributed by atoms with Crippen molar-refractivity contribution in [3.05, 3.63) is 41.7 Å². The van der Waals surface area contributed by atoms with E-state index in [-0.39, 0.29) is 35.8 Å². The van der Waals surface area contributed by atoms with Gasteiger partial charge >= 0.3 is 0 Å². The summed E-state index contributed by atoms with van der Waals surface area (Å²) in [6.07, 6.45) is 3.26. The summed E-state index contributed by atoms with van der Waals surface area (Å²) in [5.41, 5.74) is 2.12. The van der Waals surface area contributed by atoms with Gasteiger partial charge in [-0.05, 0) is 49.5 Å². The lowest BCUT2D eigenvalue weighted by Gasteiger charge is -2.23. The van der Waals surface area contributed by atoms with Gasteiger partial charge in [0.25, 0.3) is 5.91 Å². The minimum Gasteiger partial charge on any atom is -0.504 e. The van der Waals surface area contributed by atoms with Crippen molar-refractivity contribution >= 4 is 18.3 Å². The van der Waals surface area contributed by atoms with Crippen molar-refractivity contribution < 1.29 is 9.90 Å². The molecule has 1 saturated heterocycles. The van der Waals surface area contributed by atoms with Gasteiger partial charge in [-0.25, -0.2) is 4.68 Å². The smallest absolute Gasteiger partial charge is 0.275 e. The molecule has 1 aromatic heterocycles. The number of carbonyl (C=O) groups excluding carboxylic acids is 1. The lowest BCUT2D eigenvalue weighted by molar-refractivity contribution is 0.0921. The van der Waals surface area contributed by atoms with E-state index < -0.39 is 0 Å². The molecule has 136 valence electrons. The molecule has 0 atom stereocenters. The fourth-order valence-corrected chi connectivity index (χ4v) is 2.89. The van der Waals surface area contributed by atoms with Gasteiger partial charge in [0.2, 0.25) is 0 Å². The fourth-order valence-electron chi connectivity index (χ4n) is 2.89. The molecule has 3 rings (SSSR count). The van der Waals surface area contributed by atoms with E-state index in [0.717, 1.165) is 31.6 Å². The predicted octanol–water partition coefficient (Wildman–Crippen LogP) is 2.60. The molecular formula is C18H25ClN4O2. The third-order valence-electron chi connectivity index (χ3n) is 4.41. The van der Waals surface area contributed by atoms with Crippen LogP contribution in [0.25, 0.3) is 5.69 Å². The van der Waals surface area contributed by atoms with Crippen LogP contribution in [0, 0.1) is 0 Å². The van der Waals surface area contributed by atoms with Crippen LogP contribution < -0.4 is 10.6 Å². The van der Waals surface area contributed by atoms with Gasteiger partial charge in [-0.15, -0.1) is 12.4 Å². The zero-order valence-electron chi connectivity index (χ0n) is 14.5. The number of hydrogen-bond acceptors (Lipinski definition) is 4. The molecule has 1 aliphatic rings. The Morgan fingerprint density at radius 2 is 1.92 bits per heavy atom. The number of hydrogen-bond donors (Lipinski definition) is 3. The molecule has 0 unspecified atom stereocenters. The average Bonchev–Trinajstić information content (AvgIpc) is 2.98. The maximum Gasteiger partial charge on any atom is 0.275 e. The SMILES string of the molecule is CC(C)c1ccc(-n2cc(O)c(C(=O)NC3CCNCC3)n2)cc1.Cl. The highest BCUT2D eigenvalue weighted by molar-refractivity contribution is 5.95. The molecule has 1 aliphatic heterocycles. The van der Waals surface area contributed by atoms with E-state index in [9.17, 15) is 9.90 Å². The van der Waals surface area contributed by atoms with Crippen molar-refractivity contribution in [2.24, 2.45) is 0 Å². The quantitative estimate of drug-likeness (QED) is 0.779. The van der Waals surface area contributed by atoms with E-state index in [1.807, 2.05) is 24.3 Å². The van der Waals surface area contributed by atoms with Gasteiger partial charge in [-0.1, -0.05) is 26.0 Å². The van der Waals surface area contributed by atoms with E-state index >= 15 is 0 Å². The Balaban J connectivity index is 0.00000225. The summed E-state index contributed by atoms with van der Waals surface area (Å²) >= 11 is 0. The first-order valence-corrected chi connectivity index (χ1v) is 8.45. The second-order valence-corrected chi connectivity index (χ2v) is 6.55. The van der Waals surface area contributed by atoms with Gasteiger partial charge in [0, 0.05) is 6.04 Å². The Hall–Kier alpha value is -2.05. The second kappa shape index (κ2) is 8.36. The Morgan fingerprint density at radius 1 is 1.28 bits per heavy atom. The van der Waals surface area contributed by atoms with Crippen LogP contribution in [0.1, 0.15) is 48.7 Å². The summed E-state index contributed by atoms with van der Waals surface area (Å²) < 4.78 is 1.54. The van der Waals surface area contributed by atoms with E-state index in [1.54, 1.807) is 0 Å². The molecule has 0 saturated carbocycles. The van der Waals surface area contributed by atoms with Crippen molar-refractivity contribution in [3.63, 3.8) is 0 Å². The molecule has 25 heavy (non-hydrogen) atoms. The molecule has 7 heteroatoms. The highest BCUT2D eigenvalue weighted by Gasteiger charge is 2.21. The number of carbonyl (C=O) groups is 1. The first kappa shape index (κ1) is 19.3. The summed E-state index contributed by atoms with van der Waals surface area (Å²) in [6, 6.07) is 8.08. The molecule has 1 amide bonds. The Labute approximate surface area is 154 Å². The number of nitrogens with one attached hydrogen (secondary N) is 2. The summed E-state index contributed by atoms with van der Waals surface area (Å²) in [6.45, 7) is 6.07. The van der Waals surface area contributed by atoms with Crippen LogP contribution in [0.5, 0.6) is 5.75 Å². The maximum atomic E-state index is 12.4. The summed E-state index contributed by atoms with van der Waals surface area (Å²) in [5, 5.41) is 20.5. The van der Waals surface area contributed by atoms with Crippen LogP contribution in [-0.4, -0.2) is 39.9 Å². The lowest BCUT2D eigenvalue weighted by Crippen LogP contribution is -2.42. The number of nitrogens with zero attached hydrogens (tertiary/aromatic N) is 2. The van der Waals surface area contributed by atoms with Gasteiger partial charge in [-0.2, -0.15) is 5.10 Å². The van der Waals surface area contributed by atoms with Gasteiger partial charge in [0.1, 0.15) is 0 Å². The Bertz CT molecular complexity index is 706. The highest BCUT2D eigenvalue weighted by atomic mass is 35.5. The molecule has 6 nitrogen and oxygen atoms in total. The number of benzene rings is 1. The highest BCUT2D eigenvalue weighted by Crippen LogP contribution is 2.21. The lowest BCUT2D eigenvalue weighted by atomic mass is 10.0. The third-order valence-corrected chi connectivity index (χ3v) is 4.41. The van der Waals surface area contributed by atoms with E-state index in [4.69, 9.17) is 0 Å². The van der Waals surface area contributed by atoms with Crippen LogP contribution in [0.4, 0.5) is 0 Å². The van der Waals surface area contributed by atoms with Crippen molar-refractivity contribution in [2.45, 2.75) is 38.6 Å². The minimum absolute atomic E-state index is 0. The van der Waals surface area contributed by atoms with Crippen molar-refractivity contribution in [1.29, 1.82) is 0 Å². The van der Waals surface area contributed by atoms with Crippen LogP contribution >= 0.6 is 12.4 Å². The summed E-state index contributed by atoms with van der Waals surface area (Å²) in [5.74, 6) is 0.0303. The molecule has 1 fully saturated rings. The zero-order chi connectivity index (χ0) is 17.1. The van der Waals surface area contributed by atoms with Crippen molar-refractivity contribution in [1.82, 2.24) is 20.4 Å². The molecule has 2 heterocycles. The van der Waals surface area contributed by atoms with E-state index in [1.165, 1.54) is 16.4 Å². The Morgan fingerprint density at radius 3 is 2.52 bits per heavy atom. The van der Waals surface area contributed by atoms with Gasteiger partial charge in [0.05, 0.1) is 11.9 Å². The fraction of sp³-hybridized carbons (Fsp3) is 0.444. The van der Waals surface area contributed by atoms with Crippen LogP contribution in [0.3, 0.4) is 0 Å². The number of rotatable bonds is 4. The summed E-state index contributed by atoms with van der Waals surface area (Å²) in [7, 11) is 0. The molecule has 0 spiro atoms. The molecule has 0 bridgehead atoms. The zero-order valence-corrected chi connectivity index (χ0v) is 15.3. The average molecular weight is 365 g/mol. The molecule has 1 aromatic carbocycles. The number of piperidine rings is 1. The largest absolute Gasteiger partial charge is 0.504 e. The number of aromatic hydroxyl groups is 1. The number of halogens is 1. The standard InChI is InChI=1S/C18H24N4O2.ClH/c1-12(2)13-3-5-15(6-4-13)22-11-16(23)17(21-22)18(24)20-14-7-9-19-10-8-14;/h3-6,11-12,14,19,23H,7-10H2,1-2H3,(H,20,24);1H. The van der Waals surface area contributed by atoms with Gasteiger partial charge < -0.3 is 15.7 Å². The molecule has 0 aliphatic carbocycles. The summed E-state index contributed by atoms with van der Waals surface area (Å²) in [4.78, 5) is 12.4. The molecule has 3 N–H and O–H groups in total. The molecular weight excluding hydrogens is 340 g/mol. The Kier molecular flexibility index (Phi) is 6.45. The van der Waals surface area contributed by atoms with Crippen LogP contribution in [0.2, 0.25) is 0 Å². The maximum absolute atomic E-state index is 12.4. The minimum atomic E-state index is -0.322. The van der Waals surface area contributed by atoms with Gasteiger partial charge in [-0.3, -0.25) is 4.79 Å². The normalized spacial score (nSPS) is 15.0. The number of amides is 1. The number of aromatic nitrogens is 2. The second-order valence-electron chi connectivity index (χ2n) is 6.55. The third kappa shape index (κ3) is 4.52. The molecule has 0 radical (unpaired) electrons. The van der Waals surface area contributed by atoms with Crippen LogP contribution in [-0.2, 0) is 0 Å². The monoisotopic (exact) mass is 364 g/mol.